The third-order valence-corrected chi connectivity index (χ3v) is 5.78. The first-order valence-corrected chi connectivity index (χ1v) is 10.7. The number of nitrogens with one attached hydrogen (secondary N) is 1. The van der Waals surface area contributed by atoms with Crippen molar-refractivity contribution in [2.24, 2.45) is 5.92 Å². The Morgan fingerprint density at radius 3 is 2.62 bits per heavy atom. The molecule has 2 heterocycles. The summed E-state index contributed by atoms with van der Waals surface area (Å²) in [6.45, 7) is 1.93. The van der Waals surface area contributed by atoms with Gasteiger partial charge in [0.25, 0.3) is 0 Å². The zero-order valence-corrected chi connectivity index (χ0v) is 15.9. The maximum atomic E-state index is 12.9. The molecule has 1 aliphatic rings. The topological polar surface area (TPSA) is 94.0 Å². The normalized spacial score (nSPS) is 16.5. The number of sulfone groups is 1. The zero-order valence-electron chi connectivity index (χ0n) is 15.1. The van der Waals surface area contributed by atoms with Crippen LogP contribution >= 0.6 is 0 Å². The number of aromatic nitrogens is 3. The van der Waals surface area contributed by atoms with Crippen LogP contribution in [0.1, 0.15) is 43.7 Å². The first kappa shape index (κ1) is 18.6. The van der Waals surface area contributed by atoms with Crippen molar-refractivity contribution in [2.75, 3.05) is 11.6 Å². The average molecular weight is 376 g/mol. The molecule has 1 saturated carbocycles. The van der Waals surface area contributed by atoms with Gasteiger partial charge in [-0.25, -0.2) is 18.4 Å². The smallest absolute Gasteiger partial charge is 0.248 e. The molecule has 2 aromatic heterocycles. The standard InChI is InChI=1S/C18H24N4O3S/c1-13-7-8-16(19-10-13)21-18(23)15(9-14-5-3-4-6-14)22-11-17(20-12-22)26(2,24)25/h7-8,10-12,14-15H,3-6,9H2,1-2H3,(H,19,21,23). The van der Waals surface area contributed by atoms with E-state index < -0.39 is 15.9 Å². The molecule has 2 aromatic rings. The highest BCUT2D eigenvalue weighted by Gasteiger charge is 2.28. The van der Waals surface area contributed by atoms with E-state index in [2.05, 4.69) is 15.3 Å². The third-order valence-electron chi connectivity index (χ3n) is 4.81. The average Bonchev–Trinajstić information content (AvgIpc) is 3.25. The monoisotopic (exact) mass is 376 g/mol. The molecule has 1 N–H and O–H groups in total. The molecule has 1 atom stereocenters. The van der Waals surface area contributed by atoms with Gasteiger partial charge >= 0.3 is 0 Å². The number of anilines is 1. The molecule has 1 unspecified atom stereocenters. The van der Waals surface area contributed by atoms with Gasteiger partial charge in [0.1, 0.15) is 11.9 Å². The van der Waals surface area contributed by atoms with Gasteiger partial charge in [0.2, 0.25) is 5.91 Å². The number of amides is 1. The molecule has 1 aliphatic carbocycles. The molecular formula is C18H24N4O3S. The van der Waals surface area contributed by atoms with E-state index in [9.17, 15) is 13.2 Å². The molecule has 0 aromatic carbocycles. The SMILES string of the molecule is Cc1ccc(NC(=O)C(CC2CCCC2)n2cnc(S(C)(=O)=O)c2)nc1. The van der Waals surface area contributed by atoms with Crippen molar-refractivity contribution in [1.29, 1.82) is 0 Å². The second-order valence-corrected chi connectivity index (χ2v) is 9.01. The molecule has 8 heteroatoms. The summed E-state index contributed by atoms with van der Waals surface area (Å²) in [6.07, 6.45) is 10.9. The number of aryl methyl sites for hydroxylation is 1. The molecule has 0 spiro atoms. The Hall–Kier alpha value is -2.22. The number of imidazole rings is 1. The van der Waals surface area contributed by atoms with E-state index in [4.69, 9.17) is 0 Å². The Morgan fingerprint density at radius 1 is 1.31 bits per heavy atom. The predicted octanol–water partition coefficient (Wildman–Crippen LogP) is 2.75. The lowest BCUT2D eigenvalue weighted by Gasteiger charge is -2.21. The quantitative estimate of drug-likeness (QED) is 0.836. The van der Waals surface area contributed by atoms with Gasteiger partial charge in [-0.3, -0.25) is 4.79 Å². The fourth-order valence-corrected chi connectivity index (χ4v) is 3.91. The molecule has 26 heavy (non-hydrogen) atoms. The van der Waals surface area contributed by atoms with Gasteiger partial charge < -0.3 is 9.88 Å². The van der Waals surface area contributed by atoms with E-state index in [-0.39, 0.29) is 10.9 Å². The molecule has 0 saturated heterocycles. The summed E-state index contributed by atoms with van der Waals surface area (Å²) in [4.78, 5) is 21.1. The maximum Gasteiger partial charge on any atom is 0.248 e. The third kappa shape index (κ3) is 4.49. The summed E-state index contributed by atoms with van der Waals surface area (Å²) < 4.78 is 25.0. The minimum atomic E-state index is -3.41. The van der Waals surface area contributed by atoms with Crippen LogP contribution in [0.25, 0.3) is 0 Å². The summed E-state index contributed by atoms with van der Waals surface area (Å²) in [5, 5.41) is 2.82. The Kier molecular flexibility index (Phi) is 5.41. The highest BCUT2D eigenvalue weighted by Crippen LogP contribution is 2.32. The fraction of sp³-hybridized carbons (Fsp3) is 0.500. The molecule has 0 bridgehead atoms. The van der Waals surface area contributed by atoms with Gasteiger partial charge in [-0.05, 0) is 30.9 Å². The number of carbonyl (C=O) groups is 1. The second kappa shape index (κ2) is 7.57. The van der Waals surface area contributed by atoms with Crippen molar-refractivity contribution in [3.8, 4) is 0 Å². The van der Waals surface area contributed by atoms with Gasteiger partial charge in [0, 0.05) is 18.6 Å². The molecule has 1 fully saturated rings. The highest BCUT2D eigenvalue weighted by molar-refractivity contribution is 7.90. The van der Waals surface area contributed by atoms with Crippen LogP contribution in [-0.4, -0.2) is 35.1 Å². The summed E-state index contributed by atoms with van der Waals surface area (Å²) >= 11 is 0. The van der Waals surface area contributed by atoms with E-state index in [0.717, 1.165) is 24.7 Å². The fourth-order valence-electron chi connectivity index (χ4n) is 3.36. The number of hydrogen-bond acceptors (Lipinski definition) is 5. The minimum Gasteiger partial charge on any atom is -0.324 e. The summed E-state index contributed by atoms with van der Waals surface area (Å²) in [5.74, 6) is 0.743. The largest absolute Gasteiger partial charge is 0.324 e. The number of hydrogen-bond donors (Lipinski definition) is 1. The Balaban J connectivity index is 1.83. The Labute approximate surface area is 153 Å². The van der Waals surface area contributed by atoms with E-state index >= 15 is 0 Å². The van der Waals surface area contributed by atoms with Crippen molar-refractivity contribution in [3.63, 3.8) is 0 Å². The van der Waals surface area contributed by atoms with Crippen LogP contribution in [0.15, 0.2) is 35.9 Å². The van der Waals surface area contributed by atoms with Crippen LogP contribution in [0.3, 0.4) is 0 Å². The molecule has 0 aliphatic heterocycles. The summed E-state index contributed by atoms with van der Waals surface area (Å²) in [6, 6.07) is 3.13. The van der Waals surface area contributed by atoms with Crippen molar-refractivity contribution in [1.82, 2.24) is 14.5 Å². The van der Waals surface area contributed by atoms with Crippen molar-refractivity contribution >= 4 is 21.6 Å². The number of rotatable bonds is 6. The first-order valence-electron chi connectivity index (χ1n) is 8.80. The minimum absolute atomic E-state index is 0.0183. The number of carbonyl (C=O) groups excluding carboxylic acids is 1. The van der Waals surface area contributed by atoms with Crippen LogP contribution in [0, 0.1) is 12.8 Å². The molecule has 3 rings (SSSR count). The van der Waals surface area contributed by atoms with Crippen molar-refractivity contribution in [2.45, 2.75) is 50.1 Å². The molecule has 140 valence electrons. The van der Waals surface area contributed by atoms with Crippen LogP contribution in [0.2, 0.25) is 0 Å². The lowest BCUT2D eigenvalue weighted by Crippen LogP contribution is -2.27. The lowest BCUT2D eigenvalue weighted by atomic mass is 9.97. The molecule has 1 amide bonds. The number of pyridine rings is 1. The van der Waals surface area contributed by atoms with Gasteiger partial charge in [-0.15, -0.1) is 0 Å². The molecular weight excluding hydrogens is 352 g/mol. The van der Waals surface area contributed by atoms with Crippen LogP contribution in [-0.2, 0) is 14.6 Å². The van der Waals surface area contributed by atoms with Gasteiger partial charge in [0.05, 0.1) is 6.33 Å². The van der Waals surface area contributed by atoms with Crippen LogP contribution < -0.4 is 5.32 Å². The van der Waals surface area contributed by atoms with Gasteiger partial charge in [-0.1, -0.05) is 31.7 Å². The highest BCUT2D eigenvalue weighted by atomic mass is 32.2. The number of nitrogens with zero attached hydrogens (tertiary/aromatic N) is 3. The van der Waals surface area contributed by atoms with E-state index in [0.29, 0.717) is 18.2 Å². The Bertz CT molecular complexity index is 868. The predicted molar refractivity (Wildman–Crippen MR) is 98.6 cm³/mol. The zero-order chi connectivity index (χ0) is 18.7. The first-order chi connectivity index (χ1) is 12.3. The second-order valence-electron chi connectivity index (χ2n) is 7.04. The van der Waals surface area contributed by atoms with Crippen LogP contribution in [0.5, 0.6) is 0 Å². The lowest BCUT2D eigenvalue weighted by molar-refractivity contribution is -0.119. The van der Waals surface area contributed by atoms with E-state index in [1.807, 2.05) is 13.0 Å². The van der Waals surface area contributed by atoms with Gasteiger partial charge in [-0.2, -0.15) is 0 Å². The molecule has 0 radical (unpaired) electrons. The van der Waals surface area contributed by atoms with Crippen LogP contribution in [0.4, 0.5) is 5.82 Å². The van der Waals surface area contributed by atoms with Gasteiger partial charge in [0.15, 0.2) is 14.9 Å². The summed E-state index contributed by atoms with van der Waals surface area (Å²) in [7, 11) is -3.41. The van der Waals surface area contributed by atoms with E-state index in [1.54, 1.807) is 16.8 Å². The van der Waals surface area contributed by atoms with Crippen molar-refractivity contribution < 1.29 is 13.2 Å². The van der Waals surface area contributed by atoms with Crippen molar-refractivity contribution in [3.05, 3.63) is 36.4 Å². The Morgan fingerprint density at radius 2 is 2.04 bits per heavy atom. The summed E-state index contributed by atoms with van der Waals surface area (Å²) in [5.41, 5.74) is 1.01. The van der Waals surface area contributed by atoms with E-state index in [1.165, 1.54) is 25.4 Å². The maximum absolute atomic E-state index is 12.9. The molecule has 7 nitrogen and oxygen atoms in total.